The van der Waals surface area contributed by atoms with E-state index in [2.05, 4.69) is 44.8 Å². The molecule has 8 heteroatoms. The fourth-order valence-corrected chi connectivity index (χ4v) is 3.94. The molecule has 1 aliphatic carbocycles. The SMILES string of the molecule is CCNC(=NCC1(c2cccc(Br)c2)CC1)NC(C)CCS(C)(=O)=O.I. The number of rotatable bonds is 8. The van der Waals surface area contributed by atoms with E-state index >= 15 is 0 Å². The van der Waals surface area contributed by atoms with Gasteiger partial charge in [0, 0.05) is 28.7 Å². The minimum Gasteiger partial charge on any atom is -0.357 e. The molecule has 1 fully saturated rings. The van der Waals surface area contributed by atoms with Gasteiger partial charge in [-0.05, 0) is 50.8 Å². The molecule has 26 heavy (non-hydrogen) atoms. The molecule has 1 unspecified atom stereocenters. The standard InChI is InChI=1S/C18H28BrN3O2S.HI/c1-4-20-17(22-14(2)8-11-25(3,23)24)21-13-18(9-10-18)15-6-5-7-16(19)12-15;/h5-7,12,14H,4,8-11,13H2,1-3H3,(H2,20,21,22);1H. The van der Waals surface area contributed by atoms with Crippen LogP contribution in [0.1, 0.15) is 38.7 Å². The minimum atomic E-state index is -2.94. The van der Waals surface area contributed by atoms with E-state index < -0.39 is 9.84 Å². The van der Waals surface area contributed by atoms with Gasteiger partial charge in [0.1, 0.15) is 9.84 Å². The molecule has 0 heterocycles. The number of benzene rings is 1. The smallest absolute Gasteiger partial charge is 0.191 e. The van der Waals surface area contributed by atoms with Gasteiger partial charge in [0.15, 0.2) is 5.96 Å². The minimum absolute atomic E-state index is 0. The first-order valence-electron chi connectivity index (χ1n) is 8.73. The third-order valence-corrected chi connectivity index (χ3v) is 5.95. The first-order valence-corrected chi connectivity index (χ1v) is 11.6. The molecule has 1 aliphatic rings. The highest BCUT2D eigenvalue weighted by Crippen LogP contribution is 2.48. The van der Waals surface area contributed by atoms with Crippen LogP contribution in [0.5, 0.6) is 0 Å². The molecule has 148 valence electrons. The van der Waals surface area contributed by atoms with Crippen LogP contribution in [0.4, 0.5) is 0 Å². The van der Waals surface area contributed by atoms with Crippen LogP contribution in [0.2, 0.25) is 0 Å². The average molecular weight is 558 g/mol. The molecule has 1 aromatic rings. The van der Waals surface area contributed by atoms with Crippen LogP contribution in [0, 0.1) is 0 Å². The number of nitrogens with zero attached hydrogens (tertiary/aromatic N) is 1. The summed E-state index contributed by atoms with van der Waals surface area (Å²) in [5.74, 6) is 0.938. The quantitative estimate of drug-likeness (QED) is 0.292. The molecular weight excluding hydrogens is 529 g/mol. The Morgan fingerprint density at radius 1 is 1.38 bits per heavy atom. The Balaban J connectivity index is 0.00000338. The number of nitrogens with one attached hydrogen (secondary N) is 2. The molecule has 0 aromatic heterocycles. The fourth-order valence-electron chi connectivity index (χ4n) is 2.75. The first kappa shape index (κ1) is 23.7. The number of aliphatic imine (C=N–C) groups is 1. The summed E-state index contributed by atoms with van der Waals surface area (Å²) in [5, 5.41) is 6.57. The summed E-state index contributed by atoms with van der Waals surface area (Å²) in [7, 11) is -2.94. The van der Waals surface area contributed by atoms with Gasteiger partial charge in [-0.15, -0.1) is 24.0 Å². The number of guanidine groups is 1. The first-order chi connectivity index (χ1) is 11.7. The second kappa shape index (κ2) is 10.3. The van der Waals surface area contributed by atoms with Gasteiger partial charge >= 0.3 is 0 Å². The van der Waals surface area contributed by atoms with Gasteiger partial charge < -0.3 is 10.6 Å². The van der Waals surface area contributed by atoms with Crippen LogP contribution < -0.4 is 10.6 Å². The highest BCUT2D eigenvalue weighted by atomic mass is 127. The molecule has 1 aromatic carbocycles. The monoisotopic (exact) mass is 557 g/mol. The Labute approximate surface area is 182 Å². The van der Waals surface area contributed by atoms with Crippen molar-refractivity contribution < 1.29 is 8.42 Å². The molecular formula is C18H29BrIN3O2S. The second-order valence-electron chi connectivity index (χ2n) is 6.95. The third kappa shape index (κ3) is 7.72. The zero-order chi connectivity index (χ0) is 18.5. The van der Waals surface area contributed by atoms with Crippen LogP contribution in [0.15, 0.2) is 33.7 Å². The summed E-state index contributed by atoms with van der Waals surface area (Å²) < 4.78 is 23.7. The van der Waals surface area contributed by atoms with Gasteiger partial charge in [0.05, 0.1) is 12.3 Å². The Hall–Kier alpha value is -0.350. The molecule has 1 atom stereocenters. The van der Waals surface area contributed by atoms with E-state index in [4.69, 9.17) is 4.99 Å². The van der Waals surface area contributed by atoms with E-state index in [1.807, 2.05) is 19.9 Å². The molecule has 0 saturated heterocycles. The van der Waals surface area contributed by atoms with Crippen LogP contribution in [0.3, 0.4) is 0 Å². The topological polar surface area (TPSA) is 70.6 Å². The third-order valence-electron chi connectivity index (χ3n) is 4.48. The zero-order valence-corrected chi connectivity index (χ0v) is 20.3. The zero-order valence-electron chi connectivity index (χ0n) is 15.6. The number of hydrogen-bond acceptors (Lipinski definition) is 3. The second-order valence-corrected chi connectivity index (χ2v) is 10.1. The highest BCUT2D eigenvalue weighted by Gasteiger charge is 2.44. The fraction of sp³-hybridized carbons (Fsp3) is 0.611. The maximum atomic E-state index is 11.3. The molecule has 2 N–H and O–H groups in total. The Kier molecular flexibility index (Phi) is 9.35. The van der Waals surface area contributed by atoms with E-state index in [1.165, 1.54) is 11.8 Å². The van der Waals surface area contributed by atoms with Crippen molar-refractivity contribution in [3.8, 4) is 0 Å². The summed E-state index contributed by atoms with van der Waals surface area (Å²) in [6.07, 6.45) is 4.14. The van der Waals surface area contributed by atoms with Crippen molar-refractivity contribution in [1.29, 1.82) is 0 Å². The predicted octanol–water partition coefficient (Wildman–Crippen LogP) is 3.48. The van der Waals surface area contributed by atoms with E-state index in [0.717, 1.165) is 36.4 Å². The van der Waals surface area contributed by atoms with Gasteiger partial charge in [-0.2, -0.15) is 0 Å². The molecule has 0 radical (unpaired) electrons. The van der Waals surface area contributed by atoms with Crippen LogP contribution in [-0.4, -0.2) is 45.5 Å². The van der Waals surface area contributed by atoms with Crippen molar-refractivity contribution >= 4 is 55.7 Å². The highest BCUT2D eigenvalue weighted by molar-refractivity contribution is 14.0. The van der Waals surface area contributed by atoms with Crippen molar-refractivity contribution in [3.05, 3.63) is 34.3 Å². The Morgan fingerprint density at radius 3 is 2.62 bits per heavy atom. The number of sulfone groups is 1. The van der Waals surface area contributed by atoms with E-state index in [0.29, 0.717) is 6.42 Å². The van der Waals surface area contributed by atoms with Gasteiger partial charge in [0.25, 0.3) is 0 Å². The van der Waals surface area contributed by atoms with Crippen LogP contribution >= 0.6 is 39.9 Å². The van der Waals surface area contributed by atoms with Gasteiger partial charge in [-0.25, -0.2) is 8.42 Å². The lowest BCUT2D eigenvalue weighted by Crippen LogP contribution is -2.43. The van der Waals surface area contributed by atoms with Crippen molar-refractivity contribution in [2.24, 2.45) is 4.99 Å². The van der Waals surface area contributed by atoms with Gasteiger partial charge in [0.2, 0.25) is 0 Å². The average Bonchev–Trinajstić information content (AvgIpc) is 3.32. The molecule has 0 amide bonds. The maximum Gasteiger partial charge on any atom is 0.191 e. The largest absolute Gasteiger partial charge is 0.357 e. The summed E-state index contributed by atoms with van der Waals surface area (Å²) in [6, 6.07) is 8.51. The predicted molar refractivity (Wildman–Crippen MR) is 123 cm³/mol. The van der Waals surface area contributed by atoms with Gasteiger partial charge in [-0.3, -0.25) is 4.99 Å². The van der Waals surface area contributed by atoms with Crippen molar-refractivity contribution in [2.75, 3.05) is 25.1 Å². The van der Waals surface area contributed by atoms with Crippen LogP contribution in [-0.2, 0) is 15.3 Å². The lowest BCUT2D eigenvalue weighted by Gasteiger charge is -2.19. The molecule has 5 nitrogen and oxygen atoms in total. The molecule has 2 rings (SSSR count). The normalized spacial score (nSPS) is 17.2. The summed E-state index contributed by atoms with van der Waals surface area (Å²) in [6.45, 7) is 5.52. The maximum absolute atomic E-state index is 11.3. The van der Waals surface area contributed by atoms with Crippen LogP contribution in [0.25, 0.3) is 0 Å². The number of hydrogen-bond donors (Lipinski definition) is 2. The van der Waals surface area contributed by atoms with E-state index in [-0.39, 0.29) is 41.2 Å². The van der Waals surface area contributed by atoms with E-state index in [9.17, 15) is 8.42 Å². The molecule has 0 aliphatic heterocycles. The molecule has 0 spiro atoms. The summed E-state index contributed by atoms with van der Waals surface area (Å²) in [4.78, 5) is 4.77. The Bertz CT molecular complexity index is 721. The summed E-state index contributed by atoms with van der Waals surface area (Å²) in [5.41, 5.74) is 1.47. The lowest BCUT2D eigenvalue weighted by atomic mass is 9.96. The summed E-state index contributed by atoms with van der Waals surface area (Å²) >= 11 is 3.54. The Morgan fingerprint density at radius 2 is 2.08 bits per heavy atom. The van der Waals surface area contributed by atoms with Crippen molar-refractivity contribution in [1.82, 2.24) is 10.6 Å². The molecule has 0 bridgehead atoms. The van der Waals surface area contributed by atoms with E-state index in [1.54, 1.807) is 0 Å². The van der Waals surface area contributed by atoms with Crippen molar-refractivity contribution in [3.63, 3.8) is 0 Å². The molecule has 1 saturated carbocycles. The lowest BCUT2D eigenvalue weighted by molar-refractivity contribution is 0.580. The van der Waals surface area contributed by atoms with Crippen molar-refractivity contribution in [2.45, 2.75) is 44.6 Å². The van der Waals surface area contributed by atoms with Gasteiger partial charge in [-0.1, -0.05) is 28.1 Å². The number of halogens is 2.